The van der Waals surface area contributed by atoms with Crippen molar-refractivity contribution in [1.82, 2.24) is 0 Å². The van der Waals surface area contributed by atoms with Crippen molar-refractivity contribution in [2.45, 2.75) is 40.5 Å². The van der Waals surface area contributed by atoms with Gasteiger partial charge in [0.25, 0.3) is 0 Å². The summed E-state index contributed by atoms with van der Waals surface area (Å²) in [6.07, 6.45) is 2.17. The Kier molecular flexibility index (Phi) is 5.04. The van der Waals surface area contributed by atoms with E-state index in [1.54, 1.807) is 13.0 Å². The van der Waals surface area contributed by atoms with E-state index in [4.69, 9.17) is 4.74 Å². The van der Waals surface area contributed by atoms with E-state index in [-0.39, 0.29) is 29.1 Å². The van der Waals surface area contributed by atoms with E-state index in [9.17, 15) is 14.7 Å². The molecule has 0 unspecified atom stereocenters. The van der Waals surface area contributed by atoms with Gasteiger partial charge in [-0.3, -0.25) is 4.79 Å². The number of aryl methyl sites for hydroxylation is 1. The number of carbonyl (C=O) groups excluding carboxylic acids is 2. The highest BCUT2D eigenvalue weighted by atomic mass is 32.1. The molecular formula is C17H21NO4S. The molecule has 1 aromatic rings. The fourth-order valence-corrected chi connectivity index (χ4v) is 3.36. The van der Waals surface area contributed by atoms with Crippen molar-refractivity contribution in [2.75, 3.05) is 6.61 Å². The highest BCUT2D eigenvalue weighted by molar-refractivity contribution is 7.16. The highest BCUT2D eigenvalue weighted by Crippen LogP contribution is 2.36. The number of nitrogens with zero attached hydrogens (tertiary/aromatic N) is 1. The third-order valence-corrected chi connectivity index (χ3v) is 4.50. The van der Waals surface area contributed by atoms with Crippen molar-refractivity contribution in [2.24, 2.45) is 10.4 Å². The Morgan fingerprint density at radius 1 is 1.48 bits per heavy atom. The summed E-state index contributed by atoms with van der Waals surface area (Å²) >= 11 is 1.35. The maximum Gasteiger partial charge on any atom is 0.341 e. The molecule has 23 heavy (non-hydrogen) atoms. The van der Waals surface area contributed by atoms with Crippen molar-refractivity contribution < 1.29 is 19.4 Å². The van der Waals surface area contributed by atoms with Crippen LogP contribution >= 0.6 is 11.3 Å². The molecule has 0 fully saturated rings. The van der Waals surface area contributed by atoms with Gasteiger partial charge in [-0.2, -0.15) is 0 Å². The van der Waals surface area contributed by atoms with E-state index >= 15 is 0 Å². The molecule has 0 saturated heterocycles. The zero-order valence-electron chi connectivity index (χ0n) is 13.8. The molecule has 0 atom stereocenters. The molecule has 0 saturated carbocycles. The van der Waals surface area contributed by atoms with Gasteiger partial charge in [0.05, 0.1) is 17.7 Å². The van der Waals surface area contributed by atoms with E-state index in [2.05, 4.69) is 4.99 Å². The first-order valence-corrected chi connectivity index (χ1v) is 8.32. The van der Waals surface area contributed by atoms with Crippen LogP contribution in [0.3, 0.4) is 0 Å². The third kappa shape index (κ3) is 4.07. The molecule has 0 radical (unpaired) electrons. The topological polar surface area (TPSA) is 76.0 Å². The molecule has 0 amide bonds. The van der Waals surface area contributed by atoms with Crippen molar-refractivity contribution in [3.8, 4) is 0 Å². The molecule has 124 valence electrons. The van der Waals surface area contributed by atoms with Gasteiger partial charge in [-0.1, -0.05) is 13.8 Å². The summed E-state index contributed by atoms with van der Waals surface area (Å²) < 4.78 is 5.01. The lowest BCUT2D eigenvalue weighted by molar-refractivity contribution is -0.117. The van der Waals surface area contributed by atoms with Gasteiger partial charge in [0, 0.05) is 23.9 Å². The monoisotopic (exact) mass is 335 g/mol. The van der Waals surface area contributed by atoms with Gasteiger partial charge in [-0.25, -0.2) is 9.79 Å². The number of aliphatic imine (C=N–C) groups is 1. The van der Waals surface area contributed by atoms with Gasteiger partial charge in [0.1, 0.15) is 10.8 Å². The van der Waals surface area contributed by atoms with Crippen molar-refractivity contribution in [3.05, 3.63) is 27.8 Å². The Morgan fingerprint density at radius 3 is 2.78 bits per heavy atom. The van der Waals surface area contributed by atoms with E-state index in [0.29, 0.717) is 23.4 Å². The summed E-state index contributed by atoms with van der Waals surface area (Å²) in [5.74, 6) is -0.507. The lowest BCUT2D eigenvalue weighted by Crippen LogP contribution is -2.26. The number of ether oxygens (including phenoxy) is 1. The number of aliphatic hydroxyl groups is 1. The third-order valence-electron chi connectivity index (χ3n) is 3.54. The maximum absolute atomic E-state index is 12.2. The van der Waals surface area contributed by atoms with Crippen molar-refractivity contribution in [3.63, 3.8) is 0 Å². The average molecular weight is 335 g/mol. The number of ketones is 1. The maximum atomic E-state index is 12.2. The molecule has 1 N–H and O–H groups in total. The largest absolute Gasteiger partial charge is 0.511 e. The summed E-state index contributed by atoms with van der Waals surface area (Å²) in [6.45, 7) is 7.78. The number of hydrogen-bond donors (Lipinski definition) is 1. The predicted octanol–water partition coefficient (Wildman–Crippen LogP) is 4.14. The molecule has 0 spiro atoms. The van der Waals surface area contributed by atoms with Crippen LogP contribution in [-0.4, -0.2) is 29.7 Å². The van der Waals surface area contributed by atoms with E-state index in [0.717, 1.165) is 4.88 Å². The standard InChI is InChI=1S/C17H21NO4S/c1-5-22-16(21)11-6-10(2)23-15(11)18-9-12-13(19)7-17(3,4)8-14(12)20/h6,9,19H,5,7-8H2,1-4H3. The molecule has 1 aliphatic carbocycles. The van der Waals surface area contributed by atoms with Crippen LogP contribution in [0.15, 0.2) is 22.4 Å². The number of carbonyl (C=O) groups is 2. The van der Waals surface area contributed by atoms with Crippen LogP contribution in [0.25, 0.3) is 0 Å². The quantitative estimate of drug-likeness (QED) is 0.663. The first-order valence-electron chi connectivity index (χ1n) is 7.50. The second-order valence-electron chi connectivity index (χ2n) is 6.36. The van der Waals surface area contributed by atoms with Crippen LogP contribution < -0.4 is 0 Å². The number of hydrogen-bond acceptors (Lipinski definition) is 6. The number of aliphatic hydroxyl groups excluding tert-OH is 1. The van der Waals surface area contributed by atoms with E-state index < -0.39 is 5.97 Å². The van der Waals surface area contributed by atoms with Gasteiger partial charge in [0.15, 0.2) is 5.78 Å². The number of allylic oxidation sites excluding steroid dienone is 2. The molecule has 1 aliphatic rings. The zero-order chi connectivity index (χ0) is 17.2. The summed E-state index contributed by atoms with van der Waals surface area (Å²) in [7, 11) is 0. The van der Waals surface area contributed by atoms with Gasteiger partial charge in [-0.15, -0.1) is 11.3 Å². The molecule has 0 aliphatic heterocycles. The van der Waals surface area contributed by atoms with Crippen molar-refractivity contribution >= 4 is 34.3 Å². The van der Waals surface area contributed by atoms with E-state index in [1.165, 1.54) is 17.6 Å². The molecule has 0 bridgehead atoms. The Balaban J connectivity index is 2.31. The van der Waals surface area contributed by atoms with Gasteiger partial charge < -0.3 is 9.84 Å². The number of Topliss-reactive ketones (excluding diaryl/α,β-unsaturated/α-hetero) is 1. The van der Waals surface area contributed by atoms with Crippen LogP contribution in [0, 0.1) is 12.3 Å². The summed E-state index contributed by atoms with van der Waals surface area (Å²) in [4.78, 5) is 29.3. The summed E-state index contributed by atoms with van der Waals surface area (Å²) in [5, 5.41) is 10.6. The van der Waals surface area contributed by atoms with Gasteiger partial charge in [-0.05, 0) is 25.3 Å². The second kappa shape index (κ2) is 6.66. The number of thiophene rings is 1. The van der Waals surface area contributed by atoms with Crippen LogP contribution in [-0.2, 0) is 9.53 Å². The van der Waals surface area contributed by atoms with Crippen LogP contribution in [0.5, 0.6) is 0 Å². The lowest BCUT2D eigenvalue weighted by Gasteiger charge is -2.28. The molecule has 0 aromatic carbocycles. The molecule has 1 aromatic heterocycles. The highest BCUT2D eigenvalue weighted by Gasteiger charge is 2.32. The molecule has 5 nitrogen and oxygen atoms in total. The lowest BCUT2D eigenvalue weighted by atomic mass is 9.77. The first-order chi connectivity index (χ1) is 10.7. The first kappa shape index (κ1) is 17.4. The van der Waals surface area contributed by atoms with Gasteiger partial charge >= 0.3 is 5.97 Å². The Bertz CT molecular complexity index is 697. The van der Waals surface area contributed by atoms with Crippen LogP contribution in [0.4, 0.5) is 5.00 Å². The number of rotatable bonds is 4. The Hall–Kier alpha value is -1.95. The number of esters is 1. The average Bonchev–Trinajstić information content (AvgIpc) is 2.78. The molecular weight excluding hydrogens is 314 g/mol. The minimum Gasteiger partial charge on any atom is -0.511 e. The van der Waals surface area contributed by atoms with Crippen LogP contribution in [0.1, 0.15) is 48.8 Å². The zero-order valence-corrected chi connectivity index (χ0v) is 14.6. The summed E-state index contributed by atoms with van der Waals surface area (Å²) in [6, 6.07) is 1.72. The molecule has 6 heteroatoms. The smallest absolute Gasteiger partial charge is 0.341 e. The molecule has 2 rings (SSSR count). The second-order valence-corrected chi connectivity index (χ2v) is 7.59. The minimum absolute atomic E-state index is 0.0564. The van der Waals surface area contributed by atoms with Crippen LogP contribution in [0.2, 0.25) is 0 Å². The fraction of sp³-hybridized carbons (Fsp3) is 0.471. The normalized spacial score (nSPS) is 17.8. The predicted molar refractivity (Wildman–Crippen MR) is 90.8 cm³/mol. The fourth-order valence-electron chi connectivity index (χ4n) is 2.52. The Labute approximate surface area is 139 Å². The molecule has 1 heterocycles. The minimum atomic E-state index is -0.432. The Morgan fingerprint density at radius 2 is 2.17 bits per heavy atom. The van der Waals surface area contributed by atoms with Crippen molar-refractivity contribution in [1.29, 1.82) is 0 Å². The SMILES string of the molecule is CCOC(=O)c1cc(C)sc1N=CC1=C(O)CC(C)(C)CC1=O. The van der Waals surface area contributed by atoms with Gasteiger partial charge in [0.2, 0.25) is 0 Å². The van der Waals surface area contributed by atoms with E-state index in [1.807, 2.05) is 20.8 Å². The summed E-state index contributed by atoms with van der Waals surface area (Å²) in [5.41, 5.74) is 0.369.